The predicted molar refractivity (Wildman–Crippen MR) is 88.7 cm³/mol. The molecule has 6 atom stereocenters. The van der Waals surface area contributed by atoms with Crippen molar-refractivity contribution in [3.63, 3.8) is 0 Å². The first-order valence-electron chi connectivity index (χ1n) is 9.54. The molecule has 1 saturated heterocycles. The molecule has 0 aromatic carbocycles. The number of ether oxygens (including phenoxy) is 1. The topological polar surface area (TPSA) is 46.5 Å². The van der Waals surface area contributed by atoms with Crippen molar-refractivity contribution in [3.05, 3.63) is 0 Å². The Labute approximate surface area is 140 Å². The molecule has 23 heavy (non-hydrogen) atoms. The van der Waals surface area contributed by atoms with Crippen LogP contribution in [0.25, 0.3) is 0 Å². The van der Waals surface area contributed by atoms with Crippen molar-refractivity contribution in [2.24, 2.45) is 34.0 Å². The minimum atomic E-state index is -1.21. The van der Waals surface area contributed by atoms with Crippen LogP contribution >= 0.6 is 0 Å². The summed E-state index contributed by atoms with van der Waals surface area (Å²) in [5, 5.41) is 11.0. The smallest absolute Gasteiger partial charge is 0.338 e. The maximum atomic E-state index is 12.1. The molecule has 0 bridgehead atoms. The largest absolute Gasteiger partial charge is 0.463 e. The van der Waals surface area contributed by atoms with Gasteiger partial charge in [0.2, 0.25) is 0 Å². The van der Waals surface area contributed by atoms with Gasteiger partial charge in [-0.2, -0.15) is 0 Å². The van der Waals surface area contributed by atoms with Gasteiger partial charge in [0.1, 0.15) is 0 Å². The highest BCUT2D eigenvalue weighted by molar-refractivity contribution is 5.82. The Hall–Kier alpha value is -0.570. The maximum absolute atomic E-state index is 12.1. The predicted octanol–water partition coefficient (Wildman–Crippen LogP) is 3.93. The number of carbonyl (C=O) groups excluding carboxylic acids is 1. The van der Waals surface area contributed by atoms with Crippen LogP contribution in [-0.4, -0.2) is 23.3 Å². The number of fused-ring (bicyclic) bond motifs is 5. The molecule has 1 aliphatic heterocycles. The Balaban J connectivity index is 1.75. The van der Waals surface area contributed by atoms with Gasteiger partial charge in [0, 0.05) is 5.92 Å². The van der Waals surface area contributed by atoms with Gasteiger partial charge in [-0.15, -0.1) is 0 Å². The van der Waals surface area contributed by atoms with Gasteiger partial charge in [0.05, 0.1) is 6.61 Å². The fourth-order valence-corrected chi connectivity index (χ4v) is 7.70. The van der Waals surface area contributed by atoms with Crippen molar-refractivity contribution in [2.45, 2.75) is 78.2 Å². The second-order valence-corrected chi connectivity index (χ2v) is 10.1. The van der Waals surface area contributed by atoms with Crippen LogP contribution in [0, 0.1) is 34.0 Å². The second kappa shape index (κ2) is 4.53. The summed E-state index contributed by atoms with van der Waals surface area (Å²) in [5.74, 6) is 1.00. The van der Waals surface area contributed by atoms with E-state index in [1.54, 1.807) is 0 Å². The Morgan fingerprint density at radius 1 is 0.913 bits per heavy atom. The van der Waals surface area contributed by atoms with Crippen LogP contribution in [-0.2, 0) is 9.53 Å². The SMILES string of the molecule is CC1(C)CCC[C@]2(C)[C@H]3CC[C@@]4(O)C(=O)OC[C@@H]4[C@]3(C)CC[C@@H]12. The van der Waals surface area contributed by atoms with E-state index in [0.29, 0.717) is 29.8 Å². The first-order valence-corrected chi connectivity index (χ1v) is 9.54. The quantitative estimate of drug-likeness (QED) is 0.688. The molecule has 4 rings (SSSR count). The monoisotopic (exact) mass is 320 g/mol. The average Bonchev–Trinajstić information content (AvgIpc) is 2.74. The molecule has 0 spiro atoms. The van der Waals surface area contributed by atoms with Gasteiger partial charge >= 0.3 is 5.97 Å². The molecule has 0 aromatic rings. The number of carbonyl (C=O) groups is 1. The van der Waals surface area contributed by atoms with Crippen molar-refractivity contribution < 1.29 is 14.6 Å². The zero-order chi connectivity index (χ0) is 16.7. The van der Waals surface area contributed by atoms with Crippen LogP contribution in [0.5, 0.6) is 0 Å². The molecule has 0 amide bonds. The molecule has 1 N–H and O–H groups in total. The molecule has 130 valence electrons. The molecule has 4 aliphatic rings. The fraction of sp³-hybridized carbons (Fsp3) is 0.950. The normalized spacial score (nSPS) is 54.7. The molecule has 0 unspecified atom stereocenters. The van der Waals surface area contributed by atoms with Gasteiger partial charge in [-0.3, -0.25) is 0 Å². The number of hydrogen-bond donors (Lipinski definition) is 1. The first kappa shape index (κ1) is 15.9. The molecule has 3 aliphatic carbocycles. The Morgan fingerprint density at radius 2 is 1.57 bits per heavy atom. The molecule has 3 saturated carbocycles. The molecule has 4 fully saturated rings. The van der Waals surface area contributed by atoms with Gasteiger partial charge in [-0.25, -0.2) is 4.79 Å². The van der Waals surface area contributed by atoms with Gasteiger partial charge in [-0.1, -0.05) is 34.1 Å². The van der Waals surface area contributed by atoms with E-state index in [4.69, 9.17) is 4.74 Å². The molecule has 3 nitrogen and oxygen atoms in total. The minimum Gasteiger partial charge on any atom is -0.463 e. The van der Waals surface area contributed by atoms with Crippen LogP contribution in [0.1, 0.15) is 72.6 Å². The Kier molecular flexibility index (Phi) is 3.14. The third kappa shape index (κ3) is 1.83. The van der Waals surface area contributed by atoms with Crippen LogP contribution in [0.2, 0.25) is 0 Å². The summed E-state index contributed by atoms with van der Waals surface area (Å²) < 4.78 is 5.34. The summed E-state index contributed by atoms with van der Waals surface area (Å²) in [4.78, 5) is 12.1. The van der Waals surface area contributed by atoms with Gasteiger partial charge < -0.3 is 9.84 Å². The average molecular weight is 320 g/mol. The third-order valence-corrected chi connectivity index (χ3v) is 8.76. The number of aliphatic hydroxyl groups is 1. The first-order chi connectivity index (χ1) is 10.6. The van der Waals surface area contributed by atoms with E-state index >= 15 is 0 Å². The standard InChI is InChI=1S/C20H32O3/c1-17(2)8-5-9-18(3)13(17)6-10-19(4)14(18)7-11-20(22)15(19)12-23-16(20)21/h13-15,22H,5-12H2,1-4H3/t13-,14+,15+,18-,19+,20-/m0/s1. The van der Waals surface area contributed by atoms with Crippen molar-refractivity contribution in [1.29, 1.82) is 0 Å². The lowest BCUT2D eigenvalue weighted by molar-refractivity contribution is -0.202. The number of hydrogen-bond acceptors (Lipinski definition) is 3. The summed E-state index contributed by atoms with van der Waals surface area (Å²) >= 11 is 0. The van der Waals surface area contributed by atoms with Crippen molar-refractivity contribution in [3.8, 4) is 0 Å². The van der Waals surface area contributed by atoms with E-state index in [-0.39, 0.29) is 17.3 Å². The Morgan fingerprint density at radius 3 is 2.30 bits per heavy atom. The van der Waals surface area contributed by atoms with Crippen LogP contribution < -0.4 is 0 Å². The van der Waals surface area contributed by atoms with Gasteiger partial charge in [0.15, 0.2) is 5.60 Å². The lowest BCUT2D eigenvalue weighted by atomic mass is 9.38. The van der Waals surface area contributed by atoms with Crippen LogP contribution in [0.15, 0.2) is 0 Å². The molecule has 0 aromatic heterocycles. The summed E-state index contributed by atoms with van der Waals surface area (Å²) in [7, 11) is 0. The molecular formula is C20H32O3. The summed E-state index contributed by atoms with van der Waals surface area (Å²) in [6, 6.07) is 0. The lowest BCUT2D eigenvalue weighted by Gasteiger charge is -2.66. The highest BCUT2D eigenvalue weighted by Gasteiger charge is 2.68. The highest BCUT2D eigenvalue weighted by atomic mass is 16.6. The van der Waals surface area contributed by atoms with E-state index < -0.39 is 5.60 Å². The minimum absolute atomic E-state index is 0.0101. The second-order valence-electron chi connectivity index (χ2n) is 10.1. The maximum Gasteiger partial charge on any atom is 0.338 e. The fourth-order valence-electron chi connectivity index (χ4n) is 7.70. The zero-order valence-corrected chi connectivity index (χ0v) is 15.2. The molecule has 3 heteroatoms. The number of esters is 1. The highest BCUT2D eigenvalue weighted by Crippen LogP contribution is 2.70. The van der Waals surface area contributed by atoms with Gasteiger partial charge in [-0.05, 0) is 66.6 Å². The van der Waals surface area contributed by atoms with Crippen LogP contribution in [0.4, 0.5) is 0 Å². The van der Waals surface area contributed by atoms with Crippen molar-refractivity contribution in [1.82, 2.24) is 0 Å². The summed E-state index contributed by atoms with van der Waals surface area (Å²) in [6.45, 7) is 10.2. The van der Waals surface area contributed by atoms with Crippen LogP contribution in [0.3, 0.4) is 0 Å². The molecule has 1 heterocycles. The summed E-state index contributed by atoms with van der Waals surface area (Å²) in [5.41, 5.74) is -0.401. The van der Waals surface area contributed by atoms with E-state index in [0.717, 1.165) is 18.8 Å². The number of rotatable bonds is 0. The van der Waals surface area contributed by atoms with E-state index in [1.165, 1.54) is 25.7 Å². The van der Waals surface area contributed by atoms with Crippen molar-refractivity contribution >= 4 is 5.97 Å². The number of cyclic esters (lactones) is 1. The van der Waals surface area contributed by atoms with Crippen molar-refractivity contribution in [2.75, 3.05) is 6.61 Å². The molecular weight excluding hydrogens is 288 g/mol. The van der Waals surface area contributed by atoms with Gasteiger partial charge in [0.25, 0.3) is 0 Å². The third-order valence-electron chi connectivity index (χ3n) is 8.76. The van der Waals surface area contributed by atoms with E-state index in [9.17, 15) is 9.90 Å². The summed E-state index contributed by atoms with van der Waals surface area (Å²) in [6.07, 6.45) is 7.90. The zero-order valence-electron chi connectivity index (χ0n) is 15.2. The molecule has 0 radical (unpaired) electrons. The lowest BCUT2D eigenvalue weighted by Crippen LogP contribution is -2.63. The van der Waals surface area contributed by atoms with E-state index in [2.05, 4.69) is 27.7 Å². The van der Waals surface area contributed by atoms with E-state index in [1.807, 2.05) is 0 Å². The Bertz CT molecular complexity index is 541.